The highest BCUT2D eigenvalue weighted by Crippen LogP contribution is 2.10. The highest BCUT2D eigenvalue weighted by molar-refractivity contribution is 5.34. The standard InChI is InChI=1S/C12H13F2N3O/c13-10-5-9(6-11(14)7-10)8-15-12-1-2-17(16-12)3-4-18/h1-2,5-7,18H,3-4,8H2,(H,15,16). The molecule has 0 fully saturated rings. The number of nitrogens with zero attached hydrogens (tertiary/aromatic N) is 2. The van der Waals surface area contributed by atoms with Crippen molar-refractivity contribution in [2.45, 2.75) is 13.1 Å². The van der Waals surface area contributed by atoms with Crippen LogP contribution in [0.15, 0.2) is 30.5 Å². The molecule has 0 saturated heterocycles. The molecule has 2 rings (SSSR count). The van der Waals surface area contributed by atoms with E-state index in [1.54, 1.807) is 16.9 Å². The van der Waals surface area contributed by atoms with Gasteiger partial charge in [0.15, 0.2) is 0 Å². The minimum Gasteiger partial charge on any atom is -0.394 e. The molecule has 0 amide bonds. The first-order chi connectivity index (χ1) is 8.67. The quantitative estimate of drug-likeness (QED) is 0.853. The monoisotopic (exact) mass is 253 g/mol. The fraction of sp³-hybridized carbons (Fsp3) is 0.250. The van der Waals surface area contributed by atoms with Crippen LogP contribution in [0.2, 0.25) is 0 Å². The summed E-state index contributed by atoms with van der Waals surface area (Å²) in [5, 5.41) is 15.8. The SMILES string of the molecule is OCCn1ccc(NCc2cc(F)cc(F)c2)n1. The maximum Gasteiger partial charge on any atom is 0.148 e. The van der Waals surface area contributed by atoms with Crippen LogP contribution < -0.4 is 5.32 Å². The van der Waals surface area contributed by atoms with Gasteiger partial charge in [-0.2, -0.15) is 5.10 Å². The van der Waals surface area contributed by atoms with Gasteiger partial charge >= 0.3 is 0 Å². The minimum atomic E-state index is -0.599. The average Bonchev–Trinajstić information content (AvgIpc) is 2.74. The number of nitrogens with one attached hydrogen (secondary N) is 1. The molecule has 96 valence electrons. The molecule has 2 aromatic rings. The molecular weight excluding hydrogens is 240 g/mol. The lowest BCUT2D eigenvalue weighted by molar-refractivity contribution is 0.269. The normalized spacial score (nSPS) is 10.6. The number of aliphatic hydroxyl groups is 1. The van der Waals surface area contributed by atoms with Crippen LogP contribution in [0.25, 0.3) is 0 Å². The molecule has 4 nitrogen and oxygen atoms in total. The van der Waals surface area contributed by atoms with Crippen LogP contribution in [0.3, 0.4) is 0 Å². The fourth-order valence-corrected chi connectivity index (χ4v) is 1.59. The van der Waals surface area contributed by atoms with E-state index in [4.69, 9.17) is 5.11 Å². The summed E-state index contributed by atoms with van der Waals surface area (Å²) in [6.45, 7) is 0.706. The highest BCUT2D eigenvalue weighted by Gasteiger charge is 2.02. The van der Waals surface area contributed by atoms with Gasteiger partial charge in [-0.1, -0.05) is 0 Å². The summed E-state index contributed by atoms with van der Waals surface area (Å²) in [5.41, 5.74) is 0.504. The average molecular weight is 253 g/mol. The van der Waals surface area contributed by atoms with Gasteiger partial charge in [-0.25, -0.2) is 8.78 Å². The van der Waals surface area contributed by atoms with Crippen LogP contribution in [-0.4, -0.2) is 21.5 Å². The van der Waals surface area contributed by atoms with Crippen LogP contribution in [-0.2, 0) is 13.1 Å². The van der Waals surface area contributed by atoms with Crippen molar-refractivity contribution < 1.29 is 13.9 Å². The fourth-order valence-electron chi connectivity index (χ4n) is 1.59. The predicted molar refractivity (Wildman–Crippen MR) is 63.0 cm³/mol. The predicted octanol–water partition coefficient (Wildman–Crippen LogP) is 1.77. The molecule has 0 aliphatic heterocycles. The molecule has 0 radical (unpaired) electrons. The van der Waals surface area contributed by atoms with E-state index >= 15 is 0 Å². The molecule has 6 heteroatoms. The molecule has 0 saturated carbocycles. The zero-order valence-corrected chi connectivity index (χ0v) is 9.61. The summed E-state index contributed by atoms with van der Waals surface area (Å²) >= 11 is 0. The van der Waals surface area contributed by atoms with E-state index in [0.717, 1.165) is 6.07 Å². The first kappa shape index (κ1) is 12.5. The van der Waals surface area contributed by atoms with Gasteiger partial charge in [0.05, 0.1) is 13.2 Å². The first-order valence-electron chi connectivity index (χ1n) is 5.50. The van der Waals surface area contributed by atoms with Gasteiger partial charge in [-0.15, -0.1) is 0 Å². The summed E-state index contributed by atoms with van der Waals surface area (Å²) in [4.78, 5) is 0. The van der Waals surface area contributed by atoms with Gasteiger partial charge in [0, 0.05) is 24.9 Å². The van der Waals surface area contributed by atoms with E-state index < -0.39 is 11.6 Å². The second-order valence-electron chi connectivity index (χ2n) is 3.82. The van der Waals surface area contributed by atoms with Crippen molar-refractivity contribution in [3.8, 4) is 0 Å². The zero-order chi connectivity index (χ0) is 13.0. The van der Waals surface area contributed by atoms with Crippen LogP contribution >= 0.6 is 0 Å². The molecular formula is C12H13F2N3O. The van der Waals surface area contributed by atoms with Crippen LogP contribution in [0.4, 0.5) is 14.6 Å². The number of aliphatic hydroxyl groups excluding tert-OH is 1. The number of rotatable bonds is 5. The van der Waals surface area contributed by atoms with Crippen molar-refractivity contribution in [3.05, 3.63) is 47.7 Å². The Bertz CT molecular complexity index is 508. The van der Waals surface area contributed by atoms with Crippen LogP contribution in [0, 0.1) is 11.6 Å². The Hall–Kier alpha value is -1.95. The van der Waals surface area contributed by atoms with Gasteiger partial charge in [-0.3, -0.25) is 4.68 Å². The Morgan fingerprint density at radius 2 is 1.94 bits per heavy atom. The molecule has 0 spiro atoms. The van der Waals surface area contributed by atoms with E-state index in [9.17, 15) is 8.78 Å². The van der Waals surface area contributed by atoms with Crippen LogP contribution in [0.1, 0.15) is 5.56 Å². The van der Waals surface area contributed by atoms with Gasteiger partial charge in [0.25, 0.3) is 0 Å². The molecule has 1 heterocycles. The molecule has 0 aliphatic carbocycles. The van der Waals surface area contributed by atoms with E-state index in [-0.39, 0.29) is 13.2 Å². The molecule has 0 atom stereocenters. The number of hydrogen-bond acceptors (Lipinski definition) is 3. The first-order valence-corrected chi connectivity index (χ1v) is 5.50. The third-order valence-electron chi connectivity index (χ3n) is 2.37. The lowest BCUT2D eigenvalue weighted by Gasteiger charge is -2.04. The summed E-state index contributed by atoms with van der Waals surface area (Å²) in [6.07, 6.45) is 1.71. The second-order valence-corrected chi connectivity index (χ2v) is 3.82. The summed E-state index contributed by atoms with van der Waals surface area (Å²) in [7, 11) is 0. The van der Waals surface area contributed by atoms with Gasteiger partial charge in [0.2, 0.25) is 0 Å². The third kappa shape index (κ3) is 3.27. The Balaban J connectivity index is 1.97. The van der Waals surface area contributed by atoms with E-state index in [1.807, 2.05) is 0 Å². The molecule has 1 aromatic carbocycles. The second kappa shape index (κ2) is 5.59. The van der Waals surface area contributed by atoms with Crippen LogP contribution in [0.5, 0.6) is 0 Å². The molecule has 1 aromatic heterocycles. The molecule has 2 N–H and O–H groups in total. The van der Waals surface area contributed by atoms with E-state index in [2.05, 4.69) is 10.4 Å². The maximum atomic E-state index is 12.9. The summed E-state index contributed by atoms with van der Waals surface area (Å²) in [5.74, 6) is -0.608. The van der Waals surface area contributed by atoms with E-state index in [0.29, 0.717) is 17.9 Å². The number of aromatic nitrogens is 2. The maximum absolute atomic E-state index is 12.9. The highest BCUT2D eigenvalue weighted by atomic mass is 19.1. The van der Waals surface area contributed by atoms with Crippen molar-refractivity contribution in [2.24, 2.45) is 0 Å². The van der Waals surface area contributed by atoms with Crippen molar-refractivity contribution in [1.82, 2.24) is 9.78 Å². The number of halogens is 2. The topological polar surface area (TPSA) is 50.1 Å². The molecule has 0 aliphatic rings. The van der Waals surface area contributed by atoms with Crippen molar-refractivity contribution in [2.75, 3.05) is 11.9 Å². The summed E-state index contributed by atoms with van der Waals surface area (Å²) in [6, 6.07) is 5.09. The molecule has 0 bridgehead atoms. The zero-order valence-electron chi connectivity index (χ0n) is 9.61. The Kier molecular flexibility index (Phi) is 3.88. The Morgan fingerprint density at radius 3 is 2.61 bits per heavy atom. The number of hydrogen-bond donors (Lipinski definition) is 2. The smallest absolute Gasteiger partial charge is 0.148 e. The minimum absolute atomic E-state index is 0.0101. The lowest BCUT2D eigenvalue weighted by Crippen LogP contribution is -2.05. The largest absolute Gasteiger partial charge is 0.394 e. The van der Waals surface area contributed by atoms with Crippen molar-refractivity contribution in [3.63, 3.8) is 0 Å². The lowest BCUT2D eigenvalue weighted by atomic mass is 10.2. The third-order valence-corrected chi connectivity index (χ3v) is 2.37. The van der Waals surface area contributed by atoms with Gasteiger partial charge < -0.3 is 10.4 Å². The Morgan fingerprint density at radius 1 is 1.22 bits per heavy atom. The Labute approximate surface area is 103 Å². The van der Waals surface area contributed by atoms with Gasteiger partial charge in [0.1, 0.15) is 17.5 Å². The van der Waals surface area contributed by atoms with Crippen molar-refractivity contribution in [1.29, 1.82) is 0 Å². The summed E-state index contributed by atoms with van der Waals surface area (Å²) < 4.78 is 27.5. The number of benzene rings is 1. The molecule has 0 unspecified atom stereocenters. The number of anilines is 1. The molecule has 18 heavy (non-hydrogen) atoms. The van der Waals surface area contributed by atoms with Crippen molar-refractivity contribution >= 4 is 5.82 Å². The van der Waals surface area contributed by atoms with Gasteiger partial charge in [-0.05, 0) is 17.7 Å². The van der Waals surface area contributed by atoms with E-state index in [1.165, 1.54) is 12.1 Å².